The summed E-state index contributed by atoms with van der Waals surface area (Å²) in [6.45, 7) is 1.89. The monoisotopic (exact) mass is 177 g/mol. The van der Waals surface area contributed by atoms with Gasteiger partial charge in [0.2, 0.25) is 0 Å². The summed E-state index contributed by atoms with van der Waals surface area (Å²) < 4.78 is 12.9. The molecule has 0 bridgehead atoms. The number of aryl methyl sites for hydroxylation is 1. The molecule has 3 heteroatoms. The van der Waals surface area contributed by atoms with E-state index in [1.807, 2.05) is 13.0 Å². The standard InChI is InChI=1S/C10H8FNO/c1-6-4-5-12-9-7(6)2-3-8(11)10(9)13/h2-5,13H,1H3. The fraction of sp³-hybridized carbons (Fsp3) is 0.100. The number of pyridine rings is 1. The Kier molecular flexibility index (Phi) is 1.65. The number of hydrogen-bond donors (Lipinski definition) is 1. The third kappa shape index (κ3) is 1.13. The molecule has 0 aliphatic heterocycles. The Labute approximate surface area is 74.7 Å². The highest BCUT2D eigenvalue weighted by molar-refractivity contribution is 5.86. The lowest BCUT2D eigenvalue weighted by atomic mass is 10.1. The Balaban J connectivity index is 2.94. The van der Waals surface area contributed by atoms with E-state index >= 15 is 0 Å². The van der Waals surface area contributed by atoms with E-state index in [4.69, 9.17) is 0 Å². The van der Waals surface area contributed by atoms with Crippen molar-refractivity contribution in [3.63, 3.8) is 0 Å². The molecule has 66 valence electrons. The van der Waals surface area contributed by atoms with E-state index in [1.165, 1.54) is 6.07 Å². The van der Waals surface area contributed by atoms with Gasteiger partial charge in [-0.25, -0.2) is 4.39 Å². The maximum Gasteiger partial charge on any atom is 0.178 e. The average Bonchev–Trinajstić information content (AvgIpc) is 2.12. The molecule has 0 amide bonds. The van der Waals surface area contributed by atoms with Gasteiger partial charge in [-0.15, -0.1) is 0 Å². The van der Waals surface area contributed by atoms with Gasteiger partial charge in [-0.3, -0.25) is 4.98 Å². The molecule has 1 aromatic carbocycles. The van der Waals surface area contributed by atoms with E-state index in [0.29, 0.717) is 5.52 Å². The van der Waals surface area contributed by atoms with E-state index in [1.54, 1.807) is 12.3 Å². The molecule has 0 spiro atoms. The van der Waals surface area contributed by atoms with E-state index in [2.05, 4.69) is 4.98 Å². The molecule has 0 aliphatic rings. The lowest BCUT2D eigenvalue weighted by Crippen LogP contribution is -1.85. The molecule has 0 saturated heterocycles. The van der Waals surface area contributed by atoms with Crippen LogP contribution in [0.2, 0.25) is 0 Å². The molecule has 0 fully saturated rings. The van der Waals surface area contributed by atoms with Crippen LogP contribution in [0.1, 0.15) is 5.56 Å². The van der Waals surface area contributed by atoms with Crippen LogP contribution >= 0.6 is 0 Å². The molecule has 2 rings (SSSR count). The lowest BCUT2D eigenvalue weighted by Gasteiger charge is -2.02. The molecule has 0 radical (unpaired) electrons. The molecular formula is C10H8FNO. The minimum Gasteiger partial charge on any atom is -0.503 e. The molecule has 0 saturated carbocycles. The highest BCUT2D eigenvalue weighted by atomic mass is 19.1. The summed E-state index contributed by atoms with van der Waals surface area (Å²) in [6, 6.07) is 4.68. The first kappa shape index (κ1) is 7.98. The van der Waals surface area contributed by atoms with Gasteiger partial charge in [0.15, 0.2) is 11.6 Å². The van der Waals surface area contributed by atoms with Crippen molar-refractivity contribution in [3.05, 3.63) is 35.8 Å². The van der Waals surface area contributed by atoms with Crippen molar-refractivity contribution >= 4 is 10.9 Å². The first-order valence-corrected chi connectivity index (χ1v) is 3.93. The smallest absolute Gasteiger partial charge is 0.178 e. The summed E-state index contributed by atoms with van der Waals surface area (Å²) in [5.74, 6) is -1.01. The molecule has 1 heterocycles. The van der Waals surface area contributed by atoms with E-state index in [-0.39, 0.29) is 5.75 Å². The molecule has 13 heavy (non-hydrogen) atoms. The number of aromatic hydroxyl groups is 1. The maximum absolute atomic E-state index is 12.9. The first-order valence-electron chi connectivity index (χ1n) is 3.93. The number of phenols is 1. The van der Waals surface area contributed by atoms with Gasteiger partial charge in [0, 0.05) is 11.6 Å². The van der Waals surface area contributed by atoms with Crippen molar-refractivity contribution < 1.29 is 9.50 Å². The van der Waals surface area contributed by atoms with Gasteiger partial charge in [0.05, 0.1) is 0 Å². The Hall–Kier alpha value is -1.64. The molecule has 2 aromatic rings. The molecule has 1 N–H and O–H groups in total. The van der Waals surface area contributed by atoms with Crippen molar-refractivity contribution in [2.45, 2.75) is 6.92 Å². The third-order valence-corrected chi connectivity index (χ3v) is 2.05. The van der Waals surface area contributed by atoms with Crippen LogP contribution in [0.15, 0.2) is 24.4 Å². The van der Waals surface area contributed by atoms with Crippen molar-refractivity contribution in [1.29, 1.82) is 0 Å². The number of fused-ring (bicyclic) bond motifs is 1. The minimum atomic E-state index is -0.634. The second-order valence-electron chi connectivity index (χ2n) is 2.92. The Morgan fingerprint density at radius 2 is 2.08 bits per heavy atom. The summed E-state index contributed by atoms with van der Waals surface area (Å²) in [5, 5.41) is 10.1. The molecule has 1 aromatic heterocycles. The van der Waals surface area contributed by atoms with Gasteiger partial charge in [-0.1, -0.05) is 0 Å². The topological polar surface area (TPSA) is 33.1 Å². The fourth-order valence-corrected chi connectivity index (χ4v) is 1.32. The predicted octanol–water partition coefficient (Wildman–Crippen LogP) is 2.39. The highest BCUT2D eigenvalue weighted by Gasteiger charge is 2.07. The van der Waals surface area contributed by atoms with Gasteiger partial charge in [-0.2, -0.15) is 0 Å². The summed E-state index contributed by atoms with van der Waals surface area (Å²) in [5.41, 5.74) is 1.29. The Morgan fingerprint density at radius 1 is 1.31 bits per heavy atom. The zero-order chi connectivity index (χ0) is 9.42. The third-order valence-electron chi connectivity index (χ3n) is 2.05. The normalized spacial score (nSPS) is 10.6. The van der Waals surface area contributed by atoms with Gasteiger partial charge in [-0.05, 0) is 30.7 Å². The SMILES string of the molecule is Cc1ccnc2c(O)c(F)ccc12. The van der Waals surface area contributed by atoms with Crippen LogP contribution in [0.5, 0.6) is 5.75 Å². The molecule has 0 atom stereocenters. The molecular weight excluding hydrogens is 169 g/mol. The zero-order valence-corrected chi connectivity index (χ0v) is 7.08. The van der Waals surface area contributed by atoms with Crippen LogP contribution in [-0.4, -0.2) is 10.1 Å². The van der Waals surface area contributed by atoms with E-state index in [0.717, 1.165) is 10.9 Å². The number of phenolic OH excluding ortho intramolecular Hbond substituents is 1. The number of aromatic nitrogens is 1. The first-order chi connectivity index (χ1) is 6.20. The van der Waals surface area contributed by atoms with Crippen LogP contribution < -0.4 is 0 Å². The van der Waals surface area contributed by atoms with Crippen LogP contribution in [-0.2, 0) is 0 Å². The fourth-order valence-electron chi connectivity index (χ4n) is 1.32. The number of benzene rings is 1. The van der Waals surface area contributed by atoms with Crippen molar-refractivity contribution in [2.24, 2.45) is 0 Å². The van der Waals surface area contributed by atoms with Crippen LogP contribution in [0.25, 0.3) is 10.9 Å². The molecule has 0 aliphatic carbocycles. The number of hydrogen-bond acceptors (Lipinski definition) is 2. The zero-order valence-electron chi connectivity index (χ0n) is 7.08. The second kappa shape index (κ2) is 2.69. The lowest BCUT2D eigenvalue weighted by molar-refractivity contribution is 0.437. The summed E-state index contributed by atoms with van der Waals surface area (Å²) >= 11 is 0. The van der Waals surface area contributed by atoms with Crippen LogP contribution in [0.4, 0.5) is 4.39 Å². The van der Waals surface area contributed by atoms with E-state index in [9.17, 15) is 9.50 Å². The van der Waals surface area contributed by atoms with Gasteiger partial charge < -0.3 is 5.11 Å². The predicted molar refractivity (Wildman–Crippen MR) is 48.1 cm³/mol. The van der Waals surface area contributed by atoms with Crippen molar-refractivity contribution in [1.82, 2.24) is 4.98 Å². The number of nitrogens with zero attached hydrogens (tertiary/aromatic N) is 1. The number of rotatable bonds is 0. The van der Waals surface area contributed by atoms with Gasteiger partial charge >= 0.3 is 0 Å². The quantitative estimate of drug-likeness (QED) is 0.670. The maximum atomic E-state index is 12.9. The largest absolute Gasteiger partial charge is 0.503 e. The summed E-state index contributed by atoms with van der Waals surface area (Å²) in [7, 11) is 0. The summed E-state index contributed by atoms with van der Waals surface area (Å²) in [4.78, 5) is 3.91. The highest BCUT2D eigenvalue weighted by Crippen LogP contribution is 2.26. The van der Waals surface area contributed by atoms with Crippen molar-refractivity contribution in [3.8, 4) is 5.75 Å². The summed E-state index contributed by atoms with van der Waals surface area (Å²) in [6.07, 6.45) is 1.55. The van der Waals surface area contributed by atoms with E-state index < -0.39 is 5.82 Å². The number of halogens is 1. The Bertz CT molecular complexity index is 468. The molecule has 0 unspecified atom stereocenters. The Morgan fingerprint density at radius 3 is 2.85 bits per heavy atom. The van der Waals surface area contributed by atoms with Crippen LogP contribution in [0, 0.1) is 12.7 Å². The van der Waals surface area contributed by atoms with Crippen molar-refractivity contribution in [2.75, 3.05) is 0 Å². The van der Waals surface area contributed by atoms with Gasteiger partial charge in [0.1, 0.15) is 5.52 Å². The van der Waals surface area contributed by atoms with Crippen LogP contribution in [0.3, 0.4) is 0 Å². The average molecular weight is 177 g/mol. The van der Waals surface area contributed by atoms with Gasteiger partial charge in [0.25, 0.3) is 0 Å². The minimum absolute atomic E-state index is 0.319. The molecule has 2 nitrogen and oxygen atoms in total. The second-order valence-corrected chi connectivity index (χ2v) is 2.92.